The van der Waals surface area contributed by atoms with E-state index in [1.165, 1.54) is 6.07 Å². The van der Waals surface area contributed by atoms with E-state index in [4.69, 9.17) is 11.7 Å². The number of terminal acetylenes is 1. The second-order valence-corrected chi connectivity index (χ2v) is 2.51. The summed E-state index contributed by atoms with van der Waals surface area (Å²) in [5.74, 6) is 1.92. The van der Waals surface area contributed by atoms with Gasteiger partial charge in [0.15, 0.2) is 0 Å². The monoisotopic (exact) mass is 195 g/mol. The molecule has 0 heterocycles. The fourth-order valence-corrected chi connectivity index (χ4v) is 0.974. The minimum Gasteiger partial charge on any atom is -0.192 e. The molecule has 0 aliphatic heterocycles. The maximum Gasteiger partial charge on any atom is 0.417 e. The Balaban J connectivity index is 3.41. The lowest BCUT2D eigenvalue weighted by Crippen LogP contribution is -2.08. The highest BCUT2D eigenvalue weighted by molar-refractivity contribution is 5.46. The molecule has 0 N–H and O–H groups in total. The van der Waals surface area contributed by atoms with E-state index in [1.54, 1.807) is 6.07 Å². The molecule has 0 aromatic heterocycles. The second kappa shape index (κ2) is 3.43. The molecule has 1 aromatic rings. The van der Waals surface area contributed by atoms with Gasteiger partial charge in [-0.2, -0.15) is 18.4 Å². The van der Waals surface area contributed by atoms with Gasteiger partial charge in [-0.15, -0.1) is 6.42 Å². The summed E-state index contributed by atoms with van der Waals surface area (Å²) in [7, 11) is 0. The van der Waals surface area contributed by atoms with Gasteiger partial charge in [0.1, 0.15) is 0 Å². The van der Waals surface area contributed by atoms with E-state index < -0.39 is 11.7 Å². The number of alkyl halides is 3. The van der Waals surface area contributed by atoms with Crippen molar-refractivity contribution >= 4 is 0 Å². The quantitative estimate of drug-likeness (QED) is 0.583. The lowest BCUT2D eigenvalue weighted by Gasteiger charge is -2.08. The number of hydrogen-bond donors (Lipinski definition) is 0. The first-order valence-electron chi connectivity index (χ1n) is 3.57. The Labute approximate surface area is 78.8 Å². The van der Waals surface area contributed by atoms with Gasteiger partial charge in [0.05, 0.1) is 17.2 Å². The van der Waals surface area contributed by atoms with Crippen LogP contribution in [0.15, 0.2) is 18.2 Å². The third kappa shape index (κ3) is 1.86. The summed E-state index contributed by atoms with van der Waals surface area (Å²) in [4.78, 5) is 0. The van der Waals surface area contributed by atoms with Crippen molar-refractivity contribution in [3.8, 4) is 18.4 Å². The molecular formula is C10H4F3N. The molecule has 0 aliphatic rings. The SMILES string of the molecule is C#Cc1ccc(C#N)cc1C(F)(F)F. The van der Waals surface area contributed by atoms with Crippen LogP contribution in [0.2, 0.25) is 0 Å². The van der Waals surface area contributed by atoms with Crippen molar-refractivity contribution in [3.05, 3.63) is 34.9 Å². The van der Waals surface area contributed by atoms with Crippen LogP contribution in [0.25, 0.3) is 0 Å². The van der Waals surface area contributed by atoms with Crippen LogP contribution in [0.4, 0.5) is 13.2 Å². The van der Waals surface area contributed by atoms with E-state index >= 15 is 0 Å². The Kier molecular flexibility index (Phi) is 2.49. The first-order chi connectivity index (χ1) is 6.49. The average molecular weight is 195 g/mol. The van der Waals surface area contributed by atoms with E-state index in [-0.39, 0.29) is 11.1 Å². The van der Waals surface area contributed by atoms with Gasteiger partial charge in [-0.3, -0.25) is 0 Å². The molecule has 0 spiro atoms. The minimum absolute atomic E-state index is 0.0590. The highest BCUT2D eigenvalue weighted by atomic mass is 19.4. The summed E-state index contributed by atoms with van der Waals surface area (Å²) in [6.45, 7) is 0. The highest BCUT2D eigenvalue weighted by Gasteiger charge is 2.33. The van der Waals surface area contributed by atoms with E-state index in [1.807, 2.05) is 5.92 Å². The molecule has 0 atom stereocenters. The lowest BCUT2D eigenvalue weighted by atomic mass is 10.0. The standard InChI is InChI=1S/C10H4F3N/c1-2-8-4-3-7(6-14)5-9(8)10(11,12)13/h1,3-5H. The number of nitriles is 1. The van der Waals surface area contributed by atoms with Crippen molar-refractivity contribution < 1.29 is 13.2 Å². The summed E-state index contributed by atoms with van der Waals surface area (Å²) < 4.78 is 37.0. The maximum atomic E-state index is 12.3. The highest BCUT2D eigenvalue weighted by Crippen LogP contribution is 2.32. The molecule has 1 rings (SSSR count). The molecule has 1 aromatic carbocycles. The molecule has 0 bridgehead atoms. The normalized spacial score (nSPS) is 10.4. The van der Waals surface area contributed by atoms with Crippen LogP contribution in [0.3, 0.4) is 0 Å². The van der Waals surface area contributed by atoms with Crippen LogP contribution in [0.1, 0.15) is 16.7 Å². The van der Waals surface area contributed by atoms with Crippen LogP contribution in [-0.4, -0.2) is 0 Å². The summed E-state index contributed by atoms with van der Waals surface area (Å²) in [6.07, 6.45) is 0.387. The van der Waals surface area contributed by atoms with Gasteiger partial charge in [0, 0.05) is 5.56 Å². The molecule has 0 saturated heterocycles. The molecular weight excluding hydrogens is 191 g/mol. The van der Waals surface area contributed by atoms with E-state index in [2.05, 4.69) is 0 Å². The molecule has 14 heavy (non-hydrogen) atoms. The van der Waals surface area contributed by atoms with Gasteiger partial charge in [0.25, 0.3) is 0 Å². The molecule has 0 saturated carbocycles. The molecule has 0 aliphatic carbocycles. The molecule has 1 nitrogen and oxygen atoms in total. The third-order valence-electron chi connectivity index (χ3n) is 1.61. The maximum absolute atomic E-state index is 12.3. The fourth-order valence-electron chi connectivity index (χ4n) is 0.974. The van der Waals surface area contributed by atoms with Gasteiger partial charge < -0.3 is 0 Å². The van der Waals surface area contributed by atoms with Crippen LogP contribution < -0.4 is 0 Å². The first kappa shape index (κ1) is 10.1. The van der Waals surface area contributed by atoms with Crippen LogP contribution >= 0.6 is 0 Å². The Morgan fingerprint density at radius 2 is 1.93 bits per heavy atom. The molecule has 0 unspecified atom stereocenters. The Morgan fingerprint density at radius 3 is 2.36 bits per heavy atom. The van der Waals surface area contributed by atoms with E-state index in [0.717, 1.165) is 12.1 Å². The molecule has 0 radical (unpaired) electrons. The molecule has 0 amide bonds. The van der Waals surface area contributed by atoms with Gasteiger partial charge in [0.2, 0.25) is 0 Å². The molecule has 70 valence electrons. The van der Waals surface area contributed by atoms with Gasteiger partial charge in [-0.1, -0.05) is 5.92 Å². The van der Waals surface area contributed by atoms with Crippen LogP contribution in [-0.2, 0) is 6.18 Å². The third-order valence-corrected chi connectivity index (χ3v) is 1.61. The molecule has 0 fully saturated rings. The van der Waals surface area contributed by atoms with Gasteiger partial charge in [-0.05, 0) is 18.2 Å². The second-order valence-electron chi connectivity index (χ2n) is 2.51. The number of rotatable bonds is 0. The summed E-state index contributed by atoms with van der Waals surface area (Å²) in [6, 6.07) is 4.73. The topological polar surface area (TPSA) is 23.8 Å². The molecule has 4 heteroatoms. The number of hydrogen-bond acceptors (Lipinski definition) is 1. The summed E-state index contributed by atoms with van der Waals surface area (Å²) >= 11 is 0. The van der Waals surface area contributed by atoms with Crippen molar-refractivity contribution in [2.24, 2.45) is 0 Å². The largest absolute Gasteiger partial charge is 0.417 e. The minimum atomic E-state index is -4.52. The Morgan fingerprint density at radius 1 is 1.29 bits per heavy atom. The zero-order valence-corrected chi connectivity index (χ0v) is 6.89. The number of nitrogens with zero attached hydrogens (tertiary/aromatic N) is 1. The van der Waals surface area contributed by atoms with Crippen molar-refractivity contribution in [2.45, 2.75) is 6.18 Å². The number of benzene rings is 1. The van der Waals surface area contributed by atoms with E-state index in [0.29, 0.717) is 0 Å². The van der Waals surface area contributed by atoms with Crippen molar-refractivity contribution in [2.75, 3.05) is 0 Å². The van der Waals surface area contributed by atoms with Crippen molar-refractivity contribution in [1.29, 1.82) is 5.26 Å². The Bertz CT molecular complexity index is 432. The predicted octanol–water partition coefficient (Wildman–Crippen LogP) is 2.56. The lowest BCUT2D eigenvalue weighted by molar-refractivity contribution is -0.137. The zero-order valence-electron chi connectivity index (χ0n) is 6.89. The first-order valence-corrected chi connectivity index (χ1v) is 3.57. The average Bonchev–Trinajstić information content (AvgIpc) is 2.15. The van der Waals surface area contributed by atoms with Gasteiger partial charge in [-0.25, -0.2) is 0 Å². The predicted molar refractivity (Wildman–Crippen MR) is 44.1 cm³/mol. The van der Waals surface area contributed by atoms with Crippen molar-refractivity contribution in [3.63, 3.8) is 0 Å². The zero-order chi connectivity index (χ0) is 10.8. The summed E-state index contributed by atoms with van der Waals surface area (Å²) in [5, 5.41) is 8.42. The van der Waals surface area contributed by atoms with Crippen LogP contribution in [0.5, 0.6) is 0 Å². The summed E-state index contributed by atoms with van der Waals surface area (Å²) in [5.41, 5.74) is -1.26. The van der Waals surface area contributed by atoms with Crippen LogP contribution in [0, 0.1) is 23.7 Å². The number of halogens is 3. The Hall–Kier alpha value is -1.94. The fraction of sp³-hybridized carbons (Fsp3) is 0.100. The van der Waals surface area contributed by atoms with Crippen molar-refractivity contribution in [1.82, 2.24) is 0 Å². The van der Waals surface area contributed by atoms with Gasteiger partial charge >= 0.3 is 6.18 Å². The van der Waals surface area contributed by atoms with E-state index in [9.17, 15) is 13.2 Å². The smallest absolute Gasteiger partial charge is 0.192 e.